The largest absolute Gasteiger partial charge is 0.496 e. The van der Waals surface area contributed by atoms with Crippen molar-refractivity contribution in [3.05, 3.63) is 63.1 Å². The third kappa shape index (κ3) is 4.08. The third-order valence-corrected chi connectivity index (χ3v) is 4.39. The van der Waals surface area contributed by atoms with E-state index in [1.54, 1.807) is 7.11 Å². The van der Waals surface area contributed by atoms with Gasteiger partial charge in [0.15, 0.2) is 0 Å². The smallest absolute Gasteiger partial charge is 0.133 e. The second kappa shape index (κ2) is 7.10. The van der Waals surface area contributed by atoms with Gasteiger partial charge in [-0.3, -0.25) is 0 Å². The predicted molar refractivity (Wildman–Crippen MR) is 91.9 cm³/mol. The van der Waals surface area contributed by atoms with Crippen LogP contribution >= 0.6 is 15.9 Å². The SMILES string of the molecule is COc1ccc(C(C)NCc2ccc(C)cc2C)cc1Br. The second-order valence-corrected chi connectivity index (χ2v) is 6.28. The van der Waals surface area contributed by atoms with E-state index < -0.39 is 0 Å². The molecule has 0 saturated heterocycles. The van der Waals surface area contributed by atoms with Crippen LogP contribution in [0.3, 0.4) is 0 Å². The molecule has 112 valence electrons. The molecule has 21 heavy (non-hydrogen) atoms. The summed E-state index contributed by atoms with van der Waals surface area (Å²) < 4.78 is 6.26. The average molecular weight is 348 g/mol. The summed E-state index contributed by atoms with van der Waals surface area (Å²) in [5, 5.41) is 3.58. The Morgan fingerprint density at radius 2 is 1.90 bits per heavy atom. The number of rotatable bonds is 5. The molecular formula is C18H22BrNO. The zero-order valence-electron chi connectivity index (χ0n) is 13.0. The van der Waals surface area contributed by atoms with Crippen molar-refractivity contribution in [2.24, 2.45) is 0 Å². The Bertz CT molecular complexity index is 625. The lowest BCUT2D eigenvalue weighted by Crippen LogP contribution is -2.18. The topological polar surface area (TPSA) is 21.3 Å². The van der Waals surface area contributed by atoms with Gasteiger partial charge in [0.25, 0.3) is 0 Å². The second-order valence-electron chi connectivity index (χ2n) is 5.43. The van der Waals surface area contributed by atoms with Crippen molar-refractivity contribution in [3.63, 3.8) is 0 Å². The number of benzene rings is 2. The van der Waals surface area contributed by atoms with Crippen molar-refractivity contribution >= 4 is 15.9 Å². The Balaban J connectivity index is 2.04. The molecule has 0 fully saturated rings. The zero-order valence-corrected chi connectivity index (χ0v) is 14.6. The van der Waals surface area contributed by atoms with Crippen molar-refractivity contribution in [2.75, 3.05) is 7.11 Å². The number of hydrogen-bond donors (Lipinski definition) is 1. The molecule has 1 atom stereocenters. The highest BCUT2D eigenvalue weighted by molar-refractivity contribution is 9.10. The van der Waals surface area contributed by atoms with E-state index in [1.807, 2.05) is 6.07 Å². The van der Waals surface area contributed by atoms with Crippen LogP contribution in [0.5, 0.6) is 5.75 Å². The molecule has 2 aromatic carbocycles. The lowest BCUT2D eigenvalue weighted by atomic mass is 10.0. The van der Waals surface area contributed by atoms with E-state index in [4.69, 9.17) is 4.74 Å². The molecular weight excluding hydrogens is 326 g/mol. The van der Waals surface area contributed by atoms with E-state index in [9.17, 15) is 0 Å². The standard InChI is InChI=1S/C18H22BrNO/c1-12-5-6-16(13(2)9-12)11-20-14(3)15-7-8-18(21-4)17(19)10-15/h5-10,14,20H,11H2,1-4H3. The summed E-state index contributed by atoms with van der Waals surface area (Å²) in [5.74, 6) is 0.861. The predicted octanol–water partition coefficient (Wildman–Crippen LogP) is 4.93. The van der Waals surface area contributed by atoms with Crippen LogP contribution in [0.1, 0.15) is 35.2 Å². The molecule has 2 nitrogen and oxygen atoms in total. The fourth-order valence-corrected chi connectivity index (χ4v) is 2.94. The first-order valence-electron chi connectivity index (χ1n) is 7.14. The maximum absolute atomic E-state index is 5.27. The lowest BCUT2D eigenvalue weighted by Gasteiger charge is -2.17. The van der Waals surface area contributed by atoms with E-state index in [2.05, 4.69) is 72.3 Å². The molecule has 0 aromatic heterocycles. The van der Waals surface area contributed by atoms with E-state index in [0.717, 1.165) is 16.8 Å². The summed E-state index contributed by atoms with van der Waals surface area (Å²) in [6, 6.07) is 13.1. The van der Waals surface area contributed by atoms with Gasteiger partial charge < -0.3 is 10.1 Å². The monoisotopic (exact) mass is 347 g/mol. The fourth-order valence-electron chi connectivity index (χ4n) is 2.38. The van der Waals surface area contributed by atoms with Gasteiger partial charge in [-0.15, -0.1) is 0 Å². The van der Waals surface area contributed by atoms with Gasteiger partial charge in [0.1, 0.15) is 5.75 Å². The Kier molecular flexibility index (Phi) is 5.43. The minimum absolute atomic E-state index is 0.285. The summed E-state index contributed by atoms with van der Waals surface area (Å²) in [4.78, 5) is 0. The molecule has 0 radical (unpaired) electrons. The average Bonchev–Trinajstić information content (AvgIpc) is 2.46. The molecule has 0 spiro atoms. The highest BCUT2D eigenvalue weighted by Crippen LogP contribution is 2.28. The lowest BCUT2D eigenvalue weighted by molar-refractivity contribution is 0.411. The number of halogens is 1. The van der Waals surface area contributed by atoms with Gasteiger partial charge in [0.2, 0.25) is 0 Å². The molecule has 0 heterocycles. The summed E-state index contributed by atoms with van der Waals surface area (Å²) in [6.45, 7) is 7.34. The number of ether oxygens (including phenoxy) is 1. The zero-order chi connectivity index (χ0) is 15.4. The first-order valence-corrected chi connectivity index (χ1v) is 7.93. The van der Waals surface area contributed by atoms with Gasteiger partial charge in [-0.05, 0) is 65.5 Å². The summed E-state index contributed by atoms with van der Waals surface area (Å²) >= 11 is 3.54. The van der Waals surface area contributed by atoms with Crippen molar-refractivity contribution < 1.29 is 4.74 Å². The van der Waals surface area contributed by atoms with Crippen LogP contribution in [-0.4, -0.2) is 7.11 Å². The van der Waals surface area contributed by atoms with Gasteiger partial charge in [0, 0.05) is 12.6 Å². The molecule has 0 saturated carbocycles. The normalized spacial score (nSPS) is 12.2. The number of nitrogens with one attached hydrogen (secondary N) is 1. The maximum Gasteiger partial charge on any atom is 0.133 e. The number of hydrogen-bond acceptors (Lipinski definition) is 2. The van der Waals surface area contributed by atoms with Gasteiger partial charge in [-0.2, -0.15) is 0 Å². The minimum atomic E-state index is 0.285. The van der Waals surface area contributed by atoms with Crippen molar-refractivity contribution in [1.29, 1.82) is 0 Å². The molecule has 1 N–H and O–H groups in total. The fraction of sp³-hybridized carbons (Fsp3) is 0.333. The van der Waals surface area contributed by atoms with Gasteiger partial charge in [-0.1, -0.05) is 29.8 Å². The van der Waals surface area contributed by atoms with E-state index in [-0.39, 0.29) is 6.04 Å². The quantitative estimate of drug-likeness (QED) is 0.828. The van der Waals surface area contributed by atoms with Crippen LogP contribution < -0.4 is 10.1 Å². The van der Waals surface area contributed by atoms with Gasteiger partial charge in [-0.25, -0.2) is 0 Å². The first-order chi connectivity index (χ1) is 10.0. The Labute approximate surface area is 135 Å². The van der Waals surface area contributed by atoms with Gasteiger partial charge >= 0.3 is 0 Å². The molecule has 2 rings (SSSR count). The molecule has 1 unspecified atom stereocenters. The van der Waals surface area contributed by atoms with Gasteiger partial charge in [0.05, 0.1) is 11.6 Å². The Morgan fingerprint density at radius 3 is 2.52 bits per heavy atom. The maximum atomic E-state index is 5.27. The third-order valence-electron chi connectivity index (χ3n) is 3.77. The van der Waals surface area contributed by atoms with Crippen LogP contribution in [-0.2, 0) is 6.54 Å². The van der Waals surface area contributed by atoms with E-state index >= 15 is 0 Å². The first kappa shape index (κ1) is 16.1. The minimum Gasteiger partial charge on any atom is -0.496 e. The highest BCUT2D eigenvalue weighted by atomic mass is 79.9. The van der Waals surface area contributed by atoms with Crippen LogP contribution in [0.15, 0.2) is 40.9 Å². The highest BCUT2D eigenvalue weighted by Gasteiger charge is 2.08. The number of aryl methyl sites for hydroxylation is 2. The summed E-state index contributed by atoms with van der Waals surface area (Å²) in [7, 11) is 1.68. The Morgan fingerprint density at radius 1 is 1.14 bits per heavy atom. The van der Waals surface area contributed by atoms with E-state index in [0.29, 0.717) is 0 Å². The van der Waals surface area contributed by atoms with Crippen LogP contribution in [0, 0.1) is 13.8 Å². The van der Waals surface area contributed by atoms with Crippen LogP contribution in [0.4, 0.5) is 0 Å². The van der Waals surface area contributed by atoms with Crippen molar-refractivity contribution in [2.45, 2.75) is 33.4 Å². The molecule has 2 aromatic rings. The molecule has 0 amide bonds. The van der Waals surface area contributed by atoms with Crippen LogP contribution in [0.2, 0.25) is 0 Å². The molecule has 0 aliphatic carbocycles. The number of methoxy groups -OCH3 is 1. The van der Waals surface area contributed by atoms with E-state index in [1.165, 1.54) is 22.3 Å². The molecule has 0 aliphatic heterocycles. The Hall–Kier alpha value is -1.32. The van der Waals surface area contributed by atoms with Crippen molar-refractivity contribution in [1.82, 2.24) is 5.32 Å². The molecule has 3 heteroatoms. The molecule has 0 bridgehead atoms. The van der Waals surface area contributed by atoms with Crippen LogP contribution in [0.25, 0.3) is 0 Å². The molecule has 0 aliphatic rings. The summed E-state index contributed by atoms with van der Waals surface area (Å²) in [6.07, 6.45) is 0. The van der Waals surface area contributed by atoms with Crippen molar-refractivity contribution in [3.8, 4) is 5.75 Å². The summed E-state index contributed by atoms with van der Waals surface area (Å²) in [5.41, 5.74) is 5.24.